The topological polar surface area (TPSA) is 58.1 Å². The molecule has 0 aliphatic rings. The van der Waals surface area contributed by atoms with Crippen molar-refractivity contribution < 1.29 is 9.47 Å². The van der Waals surface area contributed by atoms with Gasteiger partial charge in [0.05, 0.1) is 20.8 Å². The molecule has 0 aromatic heterocycles. The van der Waals surface area contributed by atoms with Crippen molar-refractivity contribution in [2.45, 2.75) is 26.4 Å². The van der Waals surface area contributed by atoms with E-state index in [1.54, 1.807) is 14.2 Å². The van der Waals surface area contributed by atoms with Crippen molar-refractivity contribution in [3.63, 3.8) is 0 Å². The summed E-state index contributed by atoms with van der Waals surface area (Å²) in [4.78, 5) is 7.02. The van der Waals surface area contributed by atoms with Crippen molar-refractivity contribution in [1.29, 1.82) is 0 Å². The Morgan fingerprint density at radius 2 is 1.70 bits per heavy atom. The van der Waals surface area contributed by atoms with Gasteiger partial charge in [-0.05, 0) is 50.2 Å². The van der Waals surface area contributed by atoms with Crippen LogP contribution in [0.1, 0.15) is 24.5 Å². The second-order valence-electron chi connectivity index (χ2n) is 6.89. The molecule has 0 aliphatic heterocycles. The monoisotopic (exact) mass is 526 g/mol. The first-order valence-electron chi connectivity index (χ1n) is 10.1. The van der Waals surface area contributed by atoms with Crippen molar-refractivity contribution >= 4 is 29.9 Å². The molecular weight excluding hydrogens is 491 g/mol. The van der Waals surface area contributed by atoms with E-state index in [0.717, 1.165) is 55.6 Å². The maximum atomic E-state index is 5.37. The van der Waals surface area contributed by atoms with Gasteiger partial charge in [0.1, 0.15) is 0 Å². The van der Waals surface area contributed by atoms with Crippen LogP contribution < -0.4 is 20.1 Å². The molecule has 2 aromatic carbocycles. The lowest BCUT2D eigenvalue weighted by atomic mass is 10.2. The number of methoxy groups -OCH3 is 2. The Balaban J connectivity index is 0.00000450. The van der Waals surface area contributed by atoms with Crippen LogP contribution in [0.5, 0.6) is 11.5 Å². The Hall–Kier alpha value is -2.00. The summed E-state index contributed by atoms with van der Waals surface area (Å²) in [6.07, 6.45) is 1.05. The minimum Gasteiger partial charge on any atom is -0.493 e. The average molecular weight is 526 g/mol. The number of guanidine groups is 1. The summed E-state index contributed by atoms with van der Waals surface area (Å²) in [7, 11) is 5.44. The zero-order valence-corrected chi connectivity index (χ0v) is 20.8. The predicted molar refractivity (Wildman–Crippen MR) is 135 cm³/mol. The third-order valence-corrected chi connectivity index (χ3v) is 4.52. The summed E-state index contributed by atoms with van der Waals surface area (Å²) in [6, 6.07) is 16.4. The van der Waals surface area contributed by atoms with Crippen molar-refractivity contribution in [3.05, 3.63) is 59.7 Å². The molecule has 0 aliphatic carbocycles. The minimum absolute atomic E-state index is 0. The maximum absolute atomic E-state index is 5.37. The smallest absolute Gasteiger partial charge is 0.191 e. The minimum atomic E-state index is 0. The third kappa shape index (κ3) is 9.21. The molecule has 2 N–H and O–H groups in total. The van der Waals surface area contributed by atoms with Gasteiger partial charge in [-0.25, -0.2) is 4.99 Å². The average Bonchev–Trinajstić information content (AvgIpc) is 2.75. The van der Waals surface area contributed by atoms with Crippen LogP contribution in [-0.4, -0.2) is 51.8 Å². The van der Waals surface area contributed by atoms with E-state index in [1.807, 2.05) is 18.2 Å². The van der Waals surface area contributed by atoms with Gasteiger partial charge in [-0.2, -0.15) is 0 Å². The molecule has 0 saturated carbocycles. The molecule has 0 spiro atoms. The van der Waals surface area contributed by atoms with E-state index >= 15 is 0 Å². The number of hydrogen-bond donors (Lipinski definition) is 2. The van der Waals surface area contributed by atoms with Crippen LogP contribution in [0, 0.1) is 0 Å². The van der Waals surface area contributed by atoms with E-state index in [9.17, 15) is 0 Å². The first kappa shape index (κ1) is 26.0. The SMILES string of the molecule is CCNC(=NCc1ccc(OC)c(OC)c1)NCCCN(C)Cc1ccccc1.I. The number of hydrogen-bond acceptors (Lipinski definition) is 4. The normalized spacial score (nSPS) is 11.0. The van der Waals surface area contributed by atoms with Crippen LogP contribution in [0.2, 0.25) is 0 Å². The molecule has 2 aromatic rings. The van der Waals surface area contributed by atoms with Gasteiger partial charge >= 0.3 is 0 Å². The molecular formula is C23H35IN4O2. The number of ether oxygens (including phenoxy) is 2. The van der Waals surface area contributed by atoms with E-state index in [-0.39, 0.29) is 24.0 Å². The lowest BCUT2D eigenvalue weighted by Gasteiger charge is -2.17. The number of halogens is 1. The highest BCUT2D eigenvalue weighted by molar-refractivity contribution is 14.0. The zero-order chi connectivity index (χ0) is 20.9. The number of nitrogens with zero attached hydrogens (tertiary/aromatic N) is 2. The Bertz CT molecular complexity index is 756. The Labute approximate surface area is 198 Å². The number of nitrogens with one attached hydrogen (secondary N) is 2. The maximum Gasteiger partial charge on any atom is 0.191 e. The first-order chi connectivity index (χ1) is 14.2. The largest absolute Gasteiger partial charge is 0.493 e. The molecule has 166 valence electrons. The Morgan fingerprint density at radius 3 is 2.37 bits per heavy atom. The molecule has 0 heterocycles. The molecule has 0 saturated heterocycles. The molecule has 0 fully saturated rings. The van der Waals surface area contributed by atoms with Gasteiger partial charge < -0.3 is 25.0 Å². The van der Waals surface area contributed by atoms with E-state index in [1.165, 1.54) is 5.56 Å². The lowest BCUT2D eigenvalue weighted by molar-refractivity contribution is 0.322. The molecule has 0 amide bonds. The Morgan fingerprint density at radius 1 is 0.967 bits per heavy atom. The second kappa shape index (κ2) is 14.9. The summed E-state index contributed by atoms with van der Waals surface area (Å²) in [5.41, 5.74) is 2.41. The van der Waals surface area contributed by atoms with Crippen molar-refractivity contribution in [2.75, 3.05) is 40.9 Å². The molecule has 0 radical (unpaired) electrons. The summed E-state index contributed by atoms with van der Waals surface area (Å²) in [6.45, 7) is 6.33. The van der Waals surface area contributed by atoms with E-state index < -0.39 is 0 Å². The summed E-state index contributed by atoms with van der Waals surface area (Å²) >= 11 is 0. The highest BCUT2D eigenvalue weighted by Gasteiger charge is 2.05. The fourth-order valence-corrected chi connectivity index (χ4v) is 3.02. The summed E-state index contributed by atoms with van der Waals surface area (Å²) < 4.78 is 10.7. The number of aliphatic imine (C=N–C) groups is 1. The van der Waals surface area contributed by atoms with Crippen LogP contribution in [0.15, 0.2) is 53.5 Å². The van der Waals surface area contributed by atoms with Crippen molar-refractivity contribution in [3.8, 4) is 11.5 Å². The number of benzene rings is 2. The Kier molecular flexibility index (Phi) is 12.9. The van der Waals surface area contributed by atoms with Crippen LogP contribution in [0.25, 0.3) is 0 Å². The number of rotatable bonds is 11. The van der Waals surface area contributed by atoms with E-state index in [0.29, 0.717) is 6.54 Å². The van der Waals surface area contributed by atoms with E-state index in [2.05, 4.69) is 64.8 Å². The predicted octanol–water partition coefficient (Wildman–Crippen LogP) is 3.90. The van der Waals surface area contributed by atoms with Crippen molar-refractivity contribution in [2.24, 2.45) is 4.99 Å². The zero-order valence-electron chi connectivity index (χ0n) is 18.5. The van der Waals surface area contributed by atoms with Crippen LogP contribution >= 0.6 is 24.0 Å². The van der Waals surface area contributed by atoms with Gasteiger partial charge in [-0.15, -0.1) is 24.0 Å². The molecule has 2 rings (SSSR count). The van der Waals surface area contributed by atoms with Gasteiger partial charge in [0, 0.05) is 19.6 Å². The van der Waals surface area contributed by atoms with Gasteiger partial charge in [-0.3, -0.25) is 0 Å². The molecule has 0 atom stereocenters. The lowest BCUT2D eigenvalue weighted by Crippen LogP contribution is -2.38. The standard InChI is InChI=1S/C23H34N4O2.HI/c1-5-24-23(26-17-20-12-13-21(28-3)22(16-20)29-4)25-14-9-15-27(2)18-19-10-7-6-8-11-19;/h6-8,10-13,16H,5,9,14-15,17-18H2,1-4H3,(H2,24,25,26);1H. The molecule has 6 nitrogen and oxygen atoms in total. The molecule has 0 unspecified atom stereocenters. The molecule has 30 heavy (non-hydrogen) atoms. The van der Waals surface area contributed by atoms with Gasteiger partial charge in [0.2, 0.25) is 0 Å². The van der Waals surface area contributed by atoms with Crippen LogP contribution in [-0.2, 0) is 13.1 Å². The highest BCUT2D eigenvalue weighted by atomic mass is 127. The fraction of sp³-hybridized carbons (Fsp3) is 0.435. The van der Waals surface area contributed by atoms with Gasteiger partial charge in [-0.1, -0.05) is 36.4 Å². The first-order valence-corrected chi connectivity index (χ1v) is 10.1. The van der Waals surface area contributed by atoms with Gasteiger partial charge in [0.15, 0.2) is 17.5 Å². The summed E-state index contributed by atoms with van der Waals surface area (Å²) in [5, 5.41) is 6.72. The van der Waals surface area contributed by atoms with E-state index in [4.69, 9.17) is 9.47 Å². The third-order valence-electron chi connectivity index (χ3n) is 4.52. The highest BCUT2D eigenvalue weighted by Crippen LogP contribution is 2.27. The van der Waals surface area contributed by atoms with Crippen molar-refractivity contribution in [1.82, 2.24) is 15.5 Å². The fourth-order valence-electron chi connectivity index (χ4n) is 3.02. The van der Waals surface area contributed by atoms with Crippen LogP contribution in [0.4, 0.5) is 0 Å². The van der Waals surface area contributed by atoms with Crippen LogP contribution in [0.3, 0.4) is 0 Å². The molecule has 7 heteroatoms. The quantitative estimate of drug-likeness (QED) is 0.201. The summed E-state index contributed by atoms with van der Waals surface area (Å²) in [5.74, 6) is 2.28. The second-order valence-corrected chi connectivity index (χ2v) is 6.89. The molecule has 0 bridgehead atoms. The van der Waals surface area contributed by atoms with Gasteiger partial charge in [0.25, 0.3) is 0 Å².